The number of hydrogen-bond acceptors (Lipinski definition) is 3. The lowest BCUT2D eigenvalue weighted by Crippen LogP contribution is -2.53. The van der Waals surface area contributed by atoms with Gasteiger partial charge in [-0.25, -0.2) is 0 Å². The van der Waals surface area contributed by atoms with Crippen LogP contribution in [0, 0.1) is 0 Å². The summed E-state index contributed by atoms with van der Waals surface area (Å²) in [5.74, 6) is 0. The van der Waals surface area contributed by atoms with Crippen LogP contribution < -0.4 is 5.32 Å². The molecule has 1 saturated heterocycles. The molecule has 19 heavy (non-hydrogen) atoms. The molecule has 3 nitrogen and oxygen atoms in total. The van der Waals surface area contributed by atoms with E-state index in [1.54, 1.807) is 0 Å². The van der Waals surface area contributed by atoms with Crippen molar-refractivity contribution in [3.63, 3.8) is 0 Å². The Kier molecular flexibility index (Phi) is 3.49. The average molecular weight is 255 g/mol. The fourth-order valence-electron chi connectivity index (χ4n) is 3.11. The third kappa shape index (κ3) is 2.77. The first-order valence-corrected chi connectivity index (χ1v) is 7.03. The van der Waals surface area contributed by atoms with Gasteiger partial charge in [-0.3, -0.25) is 9.88 Å². The van der Waals surface area contributed by atoms with E-state index < -0.39 is 0 Å². The number of aromatic nitrogens is 1. The number of nitrogens with zero attached hydrogens (tertiary/aromatic N) is 2. The lowest BCUT2D eigenvalue weighted by molar-refractivity contribution is 0.167. The second-order valence-electron chi connectivity index (χ2n) is 5.66. The van der Waals surface area contributed by atoms with Crippen molar-refractivity contribution < 1.29 is 0 Å². The predicted octanol–water partition coefficient (Wildman–Crippen LogP) is 2.42. The number of hydrogen-bond donors (Lipinski definition) is 1. The van der Waals surface area contributed by atoms with Crippen LogP contribution in [0.1, 0.15) is 19.4 Å². The summed E-state index contributed by atoms with van der Waals surface area (Å²) in [5.41, 5.74) is 2.48. The number of fused-ring (bicyclic) bond motifs is 1. The summed E-state index contributed by atoms with van der Waals surface area (Å²) < 4.78 is 0. The first-order valence-electron chi connectivity index (χ1n) is 7.03. The summed E-state index contributed by atoms with van der Waals surface area (Å²) in [6.45, 7) is 7.71. The quantitative estimate of drug-likeness (QED) is 0.893. The van der Waals surface area contributed by atoms with Crippen molar-refractivity contribution in [1.82, 2.24) is 15.2 Å². The molecule has 1 aliphatic heterocycles. The summed E-state index contributed by atoms with van der Waals surface area (Å²) in [5, 5.41) is 4.81. The standard InChI is InChI=1S/C16H21N3/c1-12-9-19(10-13(2)18-12)11-15-6-3-5-14-7-4-8-17-16(14)15/h3-8,12-13,18H,9-11H2,1-2H3. The average Bonchev–Trinajstić information content (AvgIpc) is 2.38. The molecule has 100 valence electrons. The van der Waals surface area contributed by atoms with E-state index >= 15 is 0 Å². The third-order valence-electron chi connectivity index (χ3n) is 3.74. The van der Waals surface area contributed by atoms with Gasteiger partial charge in [0.1, 0.15) is 0 Å². The smallest absolute Gasteiger partial charge is 0.0746 e. The molecule has 1 N–H and O–H groups in total. The highest BCUT2D eigenvalue weighted by atomic mass is 15.2. The molecular weight excluding hydrogens is 234 g/mol. The van der Waals surface area contributed by atoms with Gasteiger partial charge in [-0.2, -0.15) is 0 Å². The number of piperazine rings is 1. The van der Waals surface area contributed by atoms with Crippen LogP contribution in [0.5, 0.6) is 0 Å². The number of rotatable bonds is 2. The second kappa shape index (κ2) is 5.27. The lowest BCUT2D eigenvalue weighted by atomic mass is 10.1. The van der Waals surface area contributed by atoms with Crippen LogP contribution in [-0.4, -0.2) is 35.1 Å². The Balaban J connectivity index is 1.85. The Bertz CT molecular complexity index is 551. The molecule has 3 rings (SSSR count). The maximum atomic E-state index is 4.54. The van der Waals surface area contributed by atoms with Crippen molar-refractivity contribution in [3.05, 3.63) is 42.1 Å². The molecule has 0 spiro atoms. The van der Waals surface area contributed by atoms with Crippen molar-refractivity contribution in [3.8, 4) is 0 Å². The number of pyridine rings is 1. The largest absolute Gasteiger partial charge is 0.309 e. The van der Waals surface area contributed by atoms with Crippen molar-refractivity contribution in [2.75, 3.05) is 13.1 Å². The van der Waals surface area contributed by atoms with Crippen molar-refractivity contribution in [1.29, 1.82) is 0 Å². The summed E-state index contributed by atoms with van der Waals surface area (Å²) in [4.78, 5) is 7.07. The molecule has 1 aliphatic rings. The number of para-hydroxylation sites is 1. The highest BCUT2D eigenvalue weighted by molar-refractivity contribution is 5.81. The molecule has 2 unspecified atom stereocenters. The van der Waals surface area contributed by atoms with Crippen LogP contribution >= 0.6 is 0 Å². The molecule has 1 aromatic heterocycles. The van der Waals surface area contributed by atoms with Gasteiger partial charge in [0.25, 0.3) is 0 Å². The normalized spacial score (nSPS) is 24.7. The summed E-state index contributed by atoms with van der Waals surface area (Å²) in [6.07, 6.45) is 1.88. The van der Waals surface area contributed by atoms with E-state index in [0.29, 0.717) is 12.1 Å². The van der Waals surface area contributed by atoms with Crippen LogP contribution in [0.15, 0.2) is 36.5 Å². The zero-order valence-corrected chi connectivity index (χ0v) is 11.6. The second-order valence-corrected chi connectivity index (χ2v) is 5.66. The fraction of sp³-hybridized carbons (Fsp3) is 0.438. The van der Waals surface area contributed by atoms with Crippen LogP contribution in [0.25, 0.3) is 10.9 Å². The maximum Gasteiger partial charge on any atom is 0.0746 e. The molecule has 1 aromatic carbocycles. The summed E-state index contributed by atoms with van der Waals surface area (Å²) >= 11 is 0. The molecule has 3 heteroatoms. The van der Waals surface area contributed by atoms with Gasteiger partial charge in [0, 0.05) is 43.3 Å². The molecular formula is C16H21N3. The Morgan fingerprint density at radius 3 is 2.68 bits per heavy atom. The summed E-state index contributed by atoms with van der Waals surface area (Å²) in [7, 11) is 0. The van der Waals surface area contributed by atoms with Crippen LogP contribution in [0.3, 0.4) is 0 Å². The molecule has 0 bridgehead atoms. The molecule has 0 radical (unpaired) electrons. The van der Waals surface area contributed by atoms with Gasteiger partial charge in [-0.05, 0) is 25.5 Å². The first-order chi connectivity index (χ1) is 9.22. The van der Waals surface area contributed by atoms with Gasteiger partial charge in [0.05, 0.1) is 5.52 Å². The van der Waals surface area contributed by atoms with Crippen molar-refractivity contribution in [2.45, 2.75) is 32.5 Å². The minimum atomic E-state index is 0.562. The topological polar surface area (TPSA) is 28.2 Å². The van der Waals surface area contributed by atoms with E-state index in [2.05, 4.69) is 53.3 Å². The van der Waals surface area contributed by atoms with E-state index in [1.807, 2.05) is 12.3 Å². The highest BCUT2D eigenvalue weighted by Gasteiger charge is 2.21. The SMILES string of the molecule is CC1CN(Cc2cccc3cccnc23)CC(C)N1. The van der Waals surface area contributed by atoms with Gasteiger partial charge in [0.15, 0.2) is 0 Å². The van der Waals surface area contributed by atoms with Crippen LogP contribution in [-0.2, 0) is 6.54 Å². The van der Waals surface area contributed by atoms with Gasteiger partial charge >= 0.3 is 0 Å². The monoisotopic (exact) mass is 255 g/mol. The highest BCUT2D eigenvalue weighted by Crippen LogP contribution is 2.18. The van der Waals surface area contributed by atoms with Gasteiger partial charge in [0.2, 0.25) is 0 Å². The molecule has 2 aromatic rings. The molecule has 0 saturated carbocycles. The third-order valence-corrected chi connectivity index (χ3v) is 3.74. The molecule has 0 amide bonds. The Labute approximate surface area is 114 Å². The summed E-state index contributed by atoms with van der Waals surface area (Å²) in [6, 6.07) is 11.7. The maximum absolute atomic E-state index is 4.54. The van der Waals surface area contributed by atoms with E-state index in [1.165, 1.54) is 10.9 Å². The number of nitrogens with one attached hydrogen (secondary N) is 1. The van der Waals surface area contributed by atoms with Gasteiger partial charge in [-0.1, -0.05) is 24.3 Å². The van der Waals surface area contributed by atoms with Crippen molar-refractivity contribution in [2.24, 2.45) is 0 Å². The van der Waals surface area contributed by atoms with E-state index in [9.17, 15) is 0 Å². The Morgan fingerprint density at radius 2 is 1.89 bits per heavy atom. The zero-order valence-electron chi connectivity index (χ0n) is 11.6. The number of benzene rings is 1. The molecule has 2 atom stereocenters. The minimum absolute atomic E-state index is 0.562. The predicted molar refractivity (Wildman–Crippen MR) is 79.1 cm³/mol. The van der Waals surface area contributed by atoms with E-state index in [4.69, 9.17) is 0 Å². The Hall–Kier alpha value is -1.45. The Morgan fingerprint density at radius 1 is 1.16 bits per heavy atom. The lowest BCUT2D eigenvalue weighted by Gasteiger charge is -2.36. The van der Waals surface area contributed by atoms with Crippen LogP contribution in [0.2, 0.25) is 0 Å². The van der Waals surface area contributed by atoms with E-state index in [-0.39, 0.29) is 0 Å². The van der Waals surface area contributed by atoms with Gasteiger partial charge in [-0.15, -0.1) is 0 Å². The molecule has 2 heterocycles. The fourth-order valence-corrected chi connectivity index (χ4v) is 3.11. The van der Waals surface area contributed by atoms with Crippen LogP contribution in [0.4, 0.5) is 0 Å². The molecule has 1 fully saturated rings. The first kappa shape index (κ1) is 12.6. The van der Waals surface area contributed by atoms with Gasteiger partial charge < -0.3 is 5.32 Å². The van der Waals surface area contributed by atoms with E-state index in [0.717, 1.165) is 25.2 Å². The zero-order chi connectivity index (χ0) is 13.2. The van der Waals surface area contributed by atoms with Crippen molar-refractivity contribution >= 4 is 10.9 Å². The minimum Gasteiger partial charge on any atom is -0.309 e. The molecule has 0 aliphatic carbocycles.